The lowest BCUT2D eigenvalue weighted by atomic mass is 10.1. The van der Waals surface area contributed by atoms with E-state index in [0.29, 0.717) is 0 Å². The zero-order chi connectivity index (χ0) is 17.8. The molecule has 6 heteroatoms. The molecule has 4 nitrogen and oxygen atoms in total. The summed E-state index contributed by atoms with van der Waals surface area (Å²) in [5.41, 5.74) is 4.54. The van der Waals surface area contributed by atoms with Crippen LogP contribution in [0.15, 0.2) is 58.8 Å². The van der Waals surface area contributed by atoms with Crippen molar-refractivity contribution in [3.63, 3.8) is 0 Å². The van der Waals surface area contributed by atoms with Crippen LogP contribution in [0, 0.1) is 0 Å². The van der Waals surface area contributed by atoms with Gasteiger partial charge in [-0.3, -0.25) is 0 Å². The molecule has 0 atom stereocenters. The standard InChI is InChI=1S/C20H22N4S2/c1-25-18-4-2-3-16(13-18)22-20-23-19(14-26-20)15-5-7-17(8-6-15)24-11-9-21-10-12-24/h2-8,13-14,21H,9-12H2,1H3,(H,22,23). The second kappa shape index (κ2) is 8.12. The zero-order valence-corrected chi connectivity index (χ0v) is 16.4. The van der Waals surface area contributed by atoms with Crippen LogP contribution in [0.4, 0.5) is 16.5 Å². The number of nitrogens with zero attached hydrogens (tertiary/aromatic N) is 2. The first-order valence-corrected chi connectivity index (χ1v) is 10.8. The minimum absolute atomic E-state index is 0.921. The number of benzene rings is 2. The Kier molecular flexibility index (Phi) is 5.43. The van der Waals surface area contributed by atoms with Crippen LogP contribution in [0.1, 0.15) is 0 Å². The molecule has 134 valence electrons. The Morgan fingerprint density at radius 1 is 1.12 bits per heavy atom. The molecule has 1 aliphatic rings. The van der Waals surface area contributed by atoms with Crippen molar-refractivity contribution < 1.29 is 0 Å². The summed E-state index contributed by atoms with van der Waals surface area (Å²) < 4.78 is 0. The Hall–Kier alpha value is -2.02. The van der Waals surface area contributed by atoms with E-state index < -0.39 is 0 Å². The molecule has 0 unspecified atom stereocenters. The predicted octanol–water partition coefficient (Wildman–Crippen LogP) is 4.69. The molecule has 0 spiro atoms. The third-order valence-electron chi connectivity index (χ3n) is 4.47. The van der Waals surface area contributed by atoms with Gasteiger partial charge in [0.1, 0.15) is 0 Å². The lowest BCUT2D eigenvalue weighted by molar-refractivity contribution is 0.589. The minimum atomic E-state index is 0.921. The van der Waals surface area contributed by atoms with E-state index in [4.69, 9.17) is 4.98 Å². The Balaban J connectivity index is 1.47. The number of hydrogen-bond donors (Lipinski definition) is 2. The van der Waals surface area contributed by atoms with Gasteiger partial charge in [0.25, 0.3) is 0 Å². The molecule has 2 heterocycles. The molecular formula is C20H22N4S2. The third-order valence-corrected chi connectivity index (χ3v) is 5.95. The van der Waals surface area contributed by atoms with E-state index in [1.807, 2.05) is 0 Å². The third kappa shape index (κ3) is 4.03. The van der Waals surface area contributed by atoms with Crippen LogP contribution in [0.2, 0.25) is 0 Å². The molecule has 1 aromatic heterocycles. The lowest BCUT2D eigenvalue weighted by Crippen LogP contribution is -2.43. The van der Waals surface area contributed by atoms with Crippen molar-refractivity contribution in [3.05, 3.63) is 53.9 Å². The van der Waals surface area contributed by atoms with Gasteiger partial charge < -0.3 is 15.5 Å². The smallest absolute Gasteiger partial charge is 0.187 e. The minimum Gasteiger partial charge on any atom is -0.369 e. The highest BCUT2D eigenvalue weighted by molar-refractivity contribution is 7.98. The lowest BCUT2D eigenvalue weighted by Gasteiger charge is -2.29. The SMILES string of the molecule is CSc1cccc(Nc2nc(-c3ccc(N4CCNCC4)cc3)cs2)c1. The second-order valence-corrected chi connectivity index (χ2v) is 7.92. The van der Waals surface area contributed by atoms with Crippen molar-refractivity contribution in [2.75, 3.05) is 42.7 Å². The normalized spacial score (nSPS) is 14.4. The molecule has 0 radical (unpaired) electrons. The van der Waals surface area contributed by atoms with Gasteiger partial charge in [-0.1, -0.05) is 18.2 Å². The largest absolute Gasteiger partial charge is 0.369 e. The number of piperazine rings is 1. The molecular weight excluding hydrogens is 360 g/mol. The number of thiazole rings is 1. The summed E-state index contributed by atoms with van der Waals surface area (Å²) in [7, 11) is 0. The van der Waals surface area contributed by atoms with Crippen molar-refractivity contribution in [3.8, 4) is 11.3 Å². The molecule has 1 fully saturated rings. The monoisotopic (exact) mass is 382 g/mol. The molecule has 26 heavy (non-hydrogen) atoms. The van der Waals surface area contributed by atoms with Crippen molar-refractivity contribution in [2.24, 2.45) is 0 Å². The number of rotatable bonds is 5. The van der Waals surface area contributed by atoms with E-state index in [0.717, 1.165) is 48.3 Å². The first-order chi connectivity index (χ1) is 12.8. The van der Waals surface area contributed by atoms with Crippen molar-refractivity contribution in [1.82, 2.24) is 10.3 Å². The van der Waals surface area contributed by atoms with Gasteiger partial charge in [0, 0.05) is 53.4 Å². The molecule has 4 rings (SSSR count). The molecule has 1 aliphatic heterocycles. The van der Waals surface area contributed by atoms with Gasteiger partial charge in [-0.2, -0.15) is 0 Å². The maximum absolute atomic E-state index is 4.75. The fourth-order valence-electron chi connectivity index (χ4n) is 3.05. The van der Waals surface area contributed by atoms with Gasteiger partial charge in [-0.05, 0) is 36.6 Å². The van der Waals surface area contributed by atoms with Crippen LogP contribution in [0.5, 0.6) is 0 Å². The van der Waals surface area contributed by atoms with Crippen LogP contribution in [-0.2, 0) is 0 Å². The summed E-state index contributed by atoms with van der Waals surface area (Å²) in [5, 5.41) is 9.84. The number of hydrogen-bond acceptors (Lipinski definition) is 6. The number of thioether (sulfide) groups is 1. The van der Waals surface area contributed by atoms with Gasteiger partial charge >= 0.3 is 0 Å². The van der Waals surface area contributed by atoms with Gasteiger partial charge in [-0.25, -0.2) is 4.98 Å². The molecule has 3 aromatic rings. The Labute approximate surface area is 162 Å². The molecule has 0 aliphatic carbocycles. The van der Waals surface area contributed by atoms with Gasteiger partial charge in [0.2, 0.25) is 0 Å². The highest BCUT2D eigenvalue weighted by Crippen LogP contribution is 2.29. The van der Waals surface area contributed by atoms with E-state index in [2.05, 4.69) is 75.7 Å². The summed E-state index contributed by atoms with van der Waals surface area (Å²) in [4.78, 5) is 8.42. The summed E-state index contributed by atoms with van der Waals surface area (Å²) in [6.45, 7) is 4.25. The number of aromatic nitrogens is 1. The molecule has 2 aromatic carbocycles. The van der Waals surface area contributed by atoms with Gasteiger partial charge in [-0.15, -0.1) is 23.1 Å². The Morgan fingerprint density at radius 2 is 1.92 bits per heavy atom. The molecule has 1 saturated heterocycles. The van der Waals surface area contributed by atoms with E-state index >= 15 is 0 Å². The average molecular weight is 383 g/mol. The quantitative estimate of drug-likeness (QED) is 0.627. The Morgan fingerprint density at radius 3 is 2.69 bits per heavy atom. The first-order valence-electron chi connectivity index (χ1n) is 8.74. The maximum atomic E-state index is 4.75. The number of nitrogens with one attached hydrogen (secondary N) is 2. The summed E-state index contributed by atoms with van der Waals surface area (Å²) in [6, 6.07) is 17.1. The second-order valence-electron chi connectivity index (χ2n) is 6.18. The summed E-state index contributed by atoms with van der Waals surface area (Å²) in [5.74, 6) is 0. The van der Waals surface area contributed by atoms with E-state index in [1.54, 1.807) is 23.1 Å². The van der Waals surface area contributed by atoms with Crippen LogP contribution >= 0.6 is 23.1 Å². The molecule has 0 amide bonds. The first kappa shape index (κ1) is 17.4. The van der Waals surface area contributed by atoms with E-state index in [1.165, 1.54) is 10.6 Å². The molecule has 2 N–H and O–H groups in total. The zero-order valence-electron chi connectivity index (χ0n) is 14.7. The van der Waals surface area contributed by atoms with Gasteiger partial charge in [0.05, 0.1) is 5.69 Å². The maximum Gasteiger partial charge on any atom is 0.187 e. The van der Waals surface area contributed by atoms with Crippen molar-refractivity contribution >= 4 is 39.6 Å². The van der Waals surface area contributed by atoms with E-state index in [9.17, 15) is 0 Å². The highest BCUT2D eigenvalue weighted by Gasteiger charge is 2.11. The van der Waals surface area contributed by atoms with Crippen molar-refractivity contribution in [2.45, 2.75) is 4.90 Å². The average Bonchev–Trinajstić information content (AvgIpc) is 3.17. The van der Waals surface area contributed by atoms with Crippen LogP contribution < -0.4 is 15.5 Å². The Bertz CT molecular complexity index is 854. The number of anilines is 3. The highest BCUT2D eigenvalue weighted by atomic mass is 32.2. The predicted molar refractivity (Wildman–Crippen MR) is 114 cm³/mol. The van der Waals surface area contributed by atoms with E-state index in [-0.39, 0.29) is 0 Å². The van der Waals surface area contributed by atoms with Crippen LogP contribution in [0.25, 0.3) is 11.3 Å². The fourth-order valence-corrected chi connectivity index (χ4v) is 4.25. The van der Waals surface area contributed by atoms with Gasteiger partial charge in [0.15, 0.2) is 5.13 Å². The van der Waals surface area contributed by atoms with Crippen LogP contribution in [0.3, 0.4) is 0 Å². The summed E-state index contributed by atoms with van der Waals surface area (Å²) >= 11 is 3.38. The van der Waals surface area contributed by atoms with Crippen molar-refractivity contribution in [1.29, 1.82) is 0 Å². The molecule has 0 saturated carbocycles. The fraction of sp³-hybridized carbons (Fsp3) is 0.250. The summed E-state index contributed by atoms with van der Waals surface area (Å²) in [6.07, 6.45) is 2.09. The topological polar surface area (TPSA) is 40.2 Å². The molecule has 0 bridgehead atoms. The van der Waals surface area contributed by atoms with Crippen LogP contribution in [-0.4, -0.2) is 37.4 Å².